The Morgan fingerprint density at radius 3 is 2.56 bits per heavy atom. The predicted molar refractivity (Wildman–Crippen MR) is 108 cm³/mol. The highest BCUT2D eigenvalue weighted by Gasteiger charge is 2.22. The number of carbonyl (C=O) groups is 2. The largest absolute Gasteiger partial charge is 0.461 e. The second kappa shape index (κ2) is 9.17. The lowest BCUT2D eigenvalue weighted by molar-refractivity contribution is 0.0526. The third kappa shape index (κ3) is 5.19. The molecule has 0 fully saturated rings. The van der Waals surface area contributed by atoms with Gasteiger partial charge in [0.25, 0.3) is 5.91 Å². The fourth-order valence-electron chi connectivity index (χ4n) is 2.76. The number of nitrogens with zero attached hydrogens (tertiary/aromatic N) is 2. The van der Waals surface area contributed by atoms with Crippen LogP contribution >= 0.6 is 11.3 Å². The molecule has 2 aromatic heterocycles. The van der Waals surface area contributed by atoms with Gasteiger partial charge >= 0.3 is 5.97 Å². The van der Waals surface area contributed by atoms with Crippen LogP contribution in [0.5, 0.6) is 0 Å². The topological polar surface area (TPSA) is 73.2 Å². The molecule has 0 atom stereocenters. The maximum absolute atomic E-state index is 12.6. The van der Waals surface area contributed by atoms with Crippen molar-refractivity contribution in [3.8, 4) is 11.4 Å². The molecular weight excluding hydrogens is 362 g/mol. The van der Waals surface area contributed by atoms with E-state index in [1.807, 2.05) is 18.4 Å². The third-order valence-corrected chi connectivity index (χ3v) is 4.87. The number of nitrogens with one attached hydrogen (secondary N) is 1. The molecule has 1 N–H and O–H groups in total. The first-order valence-corrected chi connectivity index (χ1v) is 10.2. The second-order valence-corrected chi connectivity index (χ2v) is 8.25. The van der Waals surface area contributed by atoms with Gasteiger partial charge < -0.3 is 14.6 Å². The van der Waals surface area contributed by atoms with Gasteiger partial charge in [-0.2, -0.15) is 0 Å². The monoisotopic (exact) mass is 391 g/mol. The van der Waals surface area contributed by atoms with Crippen LogP contribution in [0.3, 0.4) is 0 Å². The fraction of sp³-hybridized carbons (Fsp3) is 0.550. The maximum atomic E-state index is 12.6. The van der Waals surface area contributed by atoms with Crippen molar-refractivity contribution in [1.29, 1.82) is 0 Å². The molecule has 1 amide bonds. The van der Waals surface area contributed by atoms with E-state index >= 15 is 0 Å². The molecule has 2 heterocycles. The summed E-state index contributed by atoms with van der Waals surface area (Å²) in [4.78, 5) is 29.0. The summed E-state index contributed by atoms with van der Waals surface area (Å²) in [5.41, 5.74) is 3.10. The Balaban J connectivity index is 2.41. The predicted octanol–water partition coefficient (Wildman–Crippen LogP) is 4.14. The van der Waals surface area contributed by atoms with Gasteiger partial charge in [-0.15, -0.1) is 11.3 Å². The van der Waals surface area contributed by atoms with Crippen LogP contribution in [-0.4, -0.2) is 34.6 Å². The minimum atomic E-state index is -0.415. The Hall–Kier alpha value is -2.15. The number of thiazole rings is 1. The zero-order chi connectivity index (χ0) is 20.1. The van der Waals surface area contributed by atoms with Gasteiger partial charge in [-0.05, 0) is 31.7 Å². The Kier molecular flexibility index (Phi) is 7.18. The van der Waals surface area contributed by atoms with Crippen LogP contribution in [0, 0.1) is 18.8 Å². The highest BCUT2D eigenvalue weighted by atomic mass is 32.1. The normalized spacial score (nSPS) is 11.3. The molecule has 0 aliphatic carbocycles. The Morgan fingerprint density at radius 2 is 1.96 bits per heavy atom. The molecule has 0 aliphatic rings. The lowest BCUT2D eigenvalue weighted by Gasteiger charge is -2.13. The molecule has 6 nitrogen and oxygen atoms in total. The lowest BCUT2D eigenvalue weighted by atomic mass is 10.2. The Bertz CT molecular complexity index is 805. The first-order chi connectivity index (χ1) is 12.7. The van der Waals surface area contributed by atoms with E-state index in [-0.39, 0.29) is 5.91 Å². The van der Waals surface area contributed by atoms with Gasteiger partial charge in [0, 0.05) is 24.2 Å². The van der Waals surface area contributed by atoms with Crippen LogP contribution in [0.25, 0.3) is 11.4 Å². The van der Waals surface area contributed by atoms with Crippen molar-refractivity contribution in [2.45, 2.75) is 48.1 Å². The van der Waals surface area contributed by atoms with Gasteiger partial charge in [-0.3, -0.25) is 4.79 Å². The molecule has 0 saturated carbocycles. The highest BCUT2D eigenvalue weighted by molar-refractivity contribution is 7.11. The molecule has 0 aliphatic heterocycles. The molecule has 0 aromatic carbocycles. The molecule has 0 radical (unpaired) electrons. The van der Waals surface area contributed by atoms with Gasteiger partial charge in [0.2, 0.25) is 5.01 Å². The smallest absolute Gasteiger partial charge is 0.367 e. The number of ether oxygens (including phenoxy) is 1. The van der Waals surface area contributed by atoms with Crippen LogP contribution in [0.1, 0.15) is 60.5 Å². The first kappa shape index (κ1) is 21.2. The summed E-state index contributed by atoms with van der Waals surface area (Å²) >= 11 is 1.26. The van der Waals surface area contributed by atoms with Gasteiger partial charge in [0.1, 0.15) is 0 Å². The van der Waals surface area contributed by atoms with E-state index in [9.17, 15) is 9.59 Å². The minimum absolute atomic E-state index is 0.0780. The van der Waals surface area contributed by atoms with Crippen molar-refractivity contribution in [1.82, 2.24) is 14.9 Å². The fourth-order valence-corrected chi connectivity index (χ4v) is 3.46. The molecule has 148 valence electrons. The van der Waals surface area contributed by atoms with Crippen molar-refractivity contribution in [3.05, 3.63) is 27.7 Å². The van der Waals surface area contributed by atoms with Gasteiger partial charge in [-0.1, -0.05) is 27.7 Å². The van der Waals surface area contributed by atoms with Gasteiger partial charge in [-0.25, -0.2) is 9.78 Å². The number of hydrogen-bond donors (Lipinski definition) is 1. The van der Waals surface area contributed by atoms with E-state index in [1.54, 1.807) is 6.92 Å². The Labute approximate surface area is 164 Å². The minimum Gasteiger partial charge on any atom is -0.461 e. The molecule has 7 heteroatoms. The summed E-state index contributed by atoms with van der Waals surface area (Å²) in [6, 6.07) is 1.87. The number of esters is 1. The molecule has 2 aromatic rings. The van der Waals surface area contributed by atoms with Crippen LogP contribution in [0.15, 0.2) is 11.4 Å². The van der Waals surface area contributed by atoms with Crippen LogP contribution in [-0.2, 0) is 11.3 Å². The van der Waals surface area contributed by atoms with E-state index in [2.05, 4.69) is 42.6 Å². The molecule has 2 rings (SSSR count). The first-order valence-electron chi connectivity index (χ1n) is 9.35. The van der Waals surface area contributed by atoms with E-state index in [1.165, 1.54) is 11.3 Å². The third-order valence-electron chi connectivity index (χ3n) is 4.05. The Morgan fingerprint density at radius 1 is 1.26 bits per heavy atom. The van der Waals surface area contributed by atoms with Crippen molar-refractivity contribution < 1.29 is 14.3 Å². The van der Waals surface area contributed by atoms with Crippen molar-refractivity contribution in [2.24, 2.45) is 11.8 Å². The second-order valence-electron chi connectivity index (χ2n) is 7.40. The highest BCUT2D eigenvalue weighted by Crippen LogP contribution is 2.28. The molecule has 0 saturated heterocycles. The molecule has 0 unspecified atom stereocenters. The lowest BCUT2D eigenvalue weighted by Crippen LogP contribution is -2.27. The van der Waals surface area contributed by atoms with Crippen molar-refractivity contribution in [3.63, 3.8) is 0 Å². The van der Waals surface area contributed by atoms with E-state index in [4.69, 9.17) is 4.74 Å². The van der Waals surface area contributed by atoms with Gasteiger partial charge in [0.05, 0.1) is 23.6 Å². The number of carbonyl (C=O) groups excluding carboxylic acids is 2. The molecule has 0 spiro atoms. The average molecular weight is 392 g/mol. The van der Waals surface area contributed by atoms with E-state index in [0.29, 0.717) is 41.3 Å². The average Bonchev–Trinajstić information content (AvgIpc) is 3.19. The zero-order valence-corrected chi connectivity index (χ0v) is 17.8. The summed E-state index contributed by atoms with van der Waals surface area (Å²) in [5.74, 6) is 0.301. The number of aromatic nitrogens is 2. The van der Waals surface area contributed by atoms with E-state index < -0.39 is 5.97 Å². The number of rotatable bonds is 8. The zero-order valence-electron chi connectivity index (χ0n) is 17.0. The SMILES string of the molecule is CCOC(=O)c1nc(-c2cc(C(=O)NCC(C)C)c(C)n2CC(C)C)cs1. The maximum Gasteiger partial charge on any atom is 0.367 e. The van der Waals surface area contributed by atoms with Crippen molar-refractivity contribution >= 4 is 23.2 Å². The van der Waals surface area contributed by atoms with Gasteiger partial charge in [0.15, 0.2) is 0 Å². The molecule has 0 bridgehead atoms. The molecular formula is C20H29N3O3S. The molecule has 27 heavy (non-hydrogen) atoms. The summed E-state index contributed by atoms with van der Waals surface area (Å²) < 4.78 is 7.14. The number of hydrogen-bond acceptors (Lipinski definition) is 5. The summed E-state index contributed by atoms with van der Waals surface area (Å²) in [6.07, 6.45) is 0. The van der Waals surface area contributed by atoms with E-state index in [0.717, 1.165) is 17.9 Å². The van der Waals surface area contributed by atoms with Crippen LogP contribution in [0.2, 0.25) is 0 Å². The quantitative estimate of drug-likeness (QED) is 0.687. The van der Waals surface area contributed by atoms with Crippen LogP contribution < -0.4 is 5.32 Å². The number of amides is 1. The summed E-state index contributed by atoms with van der Waals surface area (Å²) in [7, 11) is 0. The van der Waals surface area contributed by atoms with Crippen molar-refractivity contribution in [2.75, 3.05) is 13.2 Å². The standard InChI is InChI=1S/C20H29N3O3S/c1-7-26-20(25)19-22-16(11-27-19)17-8-15(18(24)21-9-12(2)3)14(6)23(17)10-13(4)5/h8,11-13H,7,9-10H2,1-6H3,(H,21,24). The summed E-state index contributed by atoms with van der Waals surface area (Å²) in [5, 5.41) is 5.15. The summed E-state index contributed by atoms with van der Waals surface area (Å²) in [6.45, 7) is 13.8. The van der Waals surface area contributed by atoms with Crippen LogP contribution in [0.4, 0.5) is 0 Å².